The van der Waals surface area contributed by atoms with Crippen molar-refractivity contribution in [2.24, 2.45) is 5.41 Å². The van der Waals surface area contributed by atoms with E-state index in [1.807, 2.05) is 49.5 Å². The molecule has 1 saturated heterocycles. The summed E-state index contributed by atoms with van der Waals surface area (Å²) in [6.45, 7) is 4.79. The van der Waals surface area contributed by atoms with Gasteiger partial charge >= 0.3 is 5.97 Å². The van der Waals surface area contributed by atoms with Crippen molar-refractivity contribution in [3.63, 3.8) is 0 Å². The van der Waals surface area contributed by atoms with Crippen molar-refractivity contribution < 1.29 is 9.53 Å². The van der Waals surface area contributed by atoms with Crippen LogP contribution in [0.15, 0.2) is 54.7 Å². The van der Waals surface area contributed by atoms with Gasteiger partial charge in [0.05, 0.1) is 17.7 Å². The first-order valence-electron chi connectivity index (χ1n) is 9.05. The second-order valence-electron chi connectivity index (χ2n) is 6.80. The lowest BCUT2D eigenvalue weighted by molar-refractivity contribution is -0.159. The number of rotatable bonds is 6. The summed E-state index contributed by atoms with van der Waals surface area (Å²) in [6, 6.07) is 16.2. The van der Waals surface area contributed by atoms with Crippen LogP contribution >= 0.6 is 0 Å². The Kier molecular flexibility index (Phi) is 5.82. The van der Waals surface area contributed by atoms with Gasteiger partial charge in [-0.3, -0.25) is 14.7 Å². The van der Waals surface area contributed by atoms with Crippen LogP contribution in [0.2, 0.25) is 0 Å². The third-order valence-electron chi connectivity index (χ3n) is 4.86. The number of benzene rings is 1. The highest BCUT2D eigenvalue weighted by molar-refractivity contribution is 5.77. The molecule has 1 aliphatic rings. The van der Waals surface area contributed by atoms with E-state index in [0.29, 0.717) is 6.61 Å². The Morgan fingerprint density at radius 3 is 2.72 bits per heavy atom. The van der Waals surface area contributed by atoms with Crippen LogP contribution in [0.3, 0.4) is 0 Å². The fourth-order valence-corrected chi connectivity index (χ4v) is 3.74. The van der Waals surface area contributed by atoms with E-state index in [1.54, 1.807) is 0 Å². The minimum Gasteiger partial charge on any atom is -0.466 e. The molecule has 2 heterocycles. The molecule has 3 rings (SSSR count). The van der Waals surface area contributed by atoms with E-state index in [4.69, 9.17) is 4.74 Å². The molecule has 0 aliphatic carbocycles. The zero-order valence-electron chi connectivity index (χ0n) is 14.9. The number of piperidine rings is 1. The zero-order chi connectivity index (χ0) is 17.5. The van der Waals surface area contributed by atoms with Crippen molar-refractivity contribution in [1.82, 2.24) is 9.88 Å². The number of likely N-dealkylation sites (tertiary alicyclic amines) is 1. The smallest absolute Gasteiger partial charge is 0.313 e. The highest BCUT2D eigenvalue weighted by Gasteiger charge is 2.43. The third kappa shape index (κ3) is 4.45. The van der Waals surface area contributed by atoms with Crippen molar-refractivity contribution in [3.8, 4) is 0 Å². The van der Waals surface area contributed by atoms with Gasteiger partial charge in [-0.05, 0) is 50.4 Å². The van der Waals surface area contributed by atoms with Gasteiger partial charge in [0.1, 0.15) is 0 Å². The summed E-state index contributed by atoms with van der Waals surface area (Å²) in [5, 5.41) is 0. The Labute approximate surface area is 149 Å². The number of hydrogen-bond acceptors (Lipinski definition) is 4. The van der Waals surface area contributed by atoms with E-state index in [2.05, 4.69) is 22.0 Å². The lowest BCUT2D eigenvalue weighted by atomic mass is 9.75. The molecule has 0 unspecified atom stereocenters. The monoisotopic (exact) mass is 338 g/mol. The fourth-order valence-electron chi connectivity index (χ4n) is 3.74. The number of esters is 1. The van der Waals surface area contributed by atoms with Crippen LogP contribution in [0, 0.1) is 5.41 Å². The molecule has 0 saturated carbocycles. The number of hydrogen-bond donors (Lipinski definition) is 0. The van der Waals surface area contributed by atoms with Gasteiger partial charge in [-0.2, -0.15) is 0 Å². The highest BCUT2D eigenvalue weighted by Crippen LogP contribution is 2.35. The molecule has 0 bridgehead atoms. The maximum atomic E-state index is 12.9. The van der Waals surface area contributed by atoms with E-state index >= 15 is 0 Å². The second kappa shape index (κ2) is 8.26. The maximum absolute atomic E-state index is 12.9. The van der Waals surface area contributed by atoms with Crippen LogP contribution in [0.4, 0.5) is 0 Å². The van der Waals surface area contributed by atoms with Crippen LogP contribution in [-0.2, 0) is 22.5 Å². The number of carbonyl (C=O) groups is 1. The van der Waals surface area contributed by atoms with Crippen molar-refractivity contribution in [2.45, 2.75) is 32.7 Å². The molecule has 1 aromatic carbocycles. The van der Waals surface area contributed by atoms with Gasteiger partial charge in [-0.1, -0.05) is 36.4 Å². The molecule has 1 atom stereocenters. The predicted octanol–water partition coefficient (Wildman–Crippen LogP) is 3.47. The van der Waals surface area contributed by atoms with E-state index in [1.165, 1.54) is 5.56 Å². The van der Waals surface area contributed by atoms with Gasteiger partial charge in [0.2, 0.25) is 0 Å². The van der Waals surface area contributed by atoms with Gasteiger partial charge in [0.25, 0.3) is 0 Å². The second-order valence-corrected chi connectivity index (χ2v) is 6.80. The summed E-state index contributed by atoms with van der Waals surface area (Å²) >= 11 is 0. The maximum Gasteiger partial charge on any atom is 0.313 e. The average Bonchev–Trinajstić information content (AvgIpc) is 2.64. The third-order valence-corrected chi connectivity index (χ3v) is 4.86. The average molecular weight is 338 g/mol. The molecule has 1 aromatic heterocycles. The topological polar surface area (TPSA) is 42.4 Å². The number of carbonyl (C=O) groups excluding carboxylic acids is 1. The Hall–Kier alpha value is -2.20. The molecule has 0 N–H and O–H groups in total. The predicted molar refractivity (Wildman–Crippen MR) is 98.0 cm³/mol. The first-order valence-corrected chi connectivity index (χ1v) is 9.05. The largest absolute Gasteiger partial charge is 0.466 e. The lowest BCUT2D eigenvalue weighted by Crippen LogP contribution is -2.49. The summed E-state index contributed by atoms with van der Waals surface area (Å²) in [7, 11) is 0. The molecule has 25 heavy (non-hydrogen) atoms. The molecular weight excluding hydrogens is 312 g/mol. The summed E-state index contributed by atoms with van der Waals surface area (Å²) in [5.74, 6) is -0.0652. The number of pyridine rings is 1. The molecule has 2 aromatic rings. The normalized spacial score (nSPS) is 21.0. The van der Waals surface area contributed by atoms with Gasteiger partial charge in [-0.25, -0.2) is 0 Å². The number of aromatic nitrogens is 1. The molecule has 1 aliphatic heterocycles. The minimum atomic E-state index is -0.468. The van der Waals surface area contributed by atoms with Crippen molar-refractivity contribution in [2.75, 3.05) is 19.7 Å². The Balaban J connectivity index is 1.79. The van der Waals surface area contributed by atoms with E-state index < -0.39 is 5.41 Å². The Bertz CT molecular complexity index is 675. The summed E-state index contributed by atoms with van der Waals surface area (Å²) in [5.41, 5.74) is 1.77. The summed E-state index contributed by atoms with van der Waals surface area (Å²) in [4.78, 5) is 19.6. The molecule has 1 fully saturated rings. The zero-order valence-corrected chi connectivity index (χ0v) is 14.9. The van der Waals surface area contributed by atoms with Gasteiger partial charge in [-0.15, -0.1) is 0 Å². The van der Waals surface area contributed by atoms with Crippen LogP contribution in [0.5, 0.6) is 0 Å². The first-order chi connectivity index (χ1) is 12.2. The van der Waals surface area contributed by atoms with Crippen LogP contribution in [-0.4, -0.2) is 35.5 Å². The minimum absolute atomic E-state index is 0.0652. The molecule has 0 spiro atoms. The van der Waals surface area contributed by atoms with Crippen molar-refractivity contribution >= 4 is 5.97 Å². The van der Waals surface area contributed by atoms with Crippen molar-refractivity contribution in [3.05, 3.63) is 66.0 Å². The Morgan fingerprint density at radius 1 is 1.20 bits per heavy atom. The first kappa shape index (κ1) is 17.6. The van der Waals surface area contributed by atoms with Gasteiger partial charge in [0, 0.05) is 19.3 Å². The van der Waals surface area contributed by atoms with Crippen LogP contribution in [0.25, 0.3) is 0 Å². The van der Waals surface area contributed by atoms with Crippen LogP contribution < -0.4 is 0 Å². The van der Waals surface area contributed by atoms with E-state index in [0.717, 1.165) is 44.6 Å². The highest BCUT2D eigenvalue weighted by atomic mass is 16.5. The molecule has 132 valence electrons. The van der Waals surface area contributed by atoms with Crippen molar-refractivity contribution in [1.29, 1.82) is 0 Å². The molecule has 4 heteroatoms. The SMILES string of the molecule is CCOC(=O)[C@]1(Cc2ccccc2)CCCN(Cc2ccccn2)C1. The van der Waals surface area contributed by atoms with Gasteiger partial charge in [0.15, 0.2) is 0 Å². The van der Waals surface area contributed by atoms with Gasteiger partial charge < -0.3 is 4.74 Å². The van der Waals surface area contributed by atoms with E-state index in [-0.39, 0.29) is 5.97 Å². The van der Waals surface area contributed by atoms with E-state index in [9.17, 15) is 4.79 Å². The Morgan fingerprint density at radius 2 is 2.00 bits per heavy atom. The lowest BCUT2D eigenvalue weighted by Gasteiger charge is -2.41. The number of nitrogens with zero attached hydrogens (tertiary/aromatic N) is 2. The molecule has 0 radical (unpaired) electrons. The molecule has 4 nitrogen and oxygen atoms in total. The van der Waals surface area contributed by atoms with Crippen LogP contribution in [0.1, 0.15) is 31.0 Å². The fraction of sp³-hybridized carbons (Fsp3) is 0.429. The molecular formula is C21H26N2O2. The standard InChI is InChI=1S/C21H26N2O2/c1-2-25-20(24)21(15-18-9-4-3-5-10-18)12-8-14-23(17-21)16-19-11-6-7-13-22-19/h3-7,9-11,13H,2,8,12,14-17H2,1H3/t21-/m0/s1. The molecule has 0 amide bonds. The number of ether oxygens (including phenoxy) is 1. The quantitative estimate of drug-likeness (QED) is 0.757. The summed E-state index contributed by atoms with van der Waals surface area (Å²) in [6.07, 6.45) is 4.42. The summed E-state index contributed by atoms with van der Waals surface area (Å²) < 4.78 is 5.47.